The van der Waals surface area contributed by atoms with Gasteiger partial charge in [0.15, 0.2) is 0 Å². The molecule has 2 aromatic heterocycles. The number of nitrogens with one attached hydrogen (secondary N) is 1. The van der Waals surface area contributed by atoms with E-state index in [1.807, 2.05) is 0 Å². The number of carbonyl (C=O) groups is 2. The van der Waals surface area contributed by atoms with Crippen LogP contribution in [0, 0.1) is 0 Å². The Morgan fingerprint density at radius 1 is 1.11 bits per heavy atom. The van der Waals surface area contributed by atoms with E-state index in [0.717, 1.165) is 0 Å². The highest BCUT2D eigenvalue weighted by molar-refractivity contribution is 6.59. The van der Waals surface area contributed by atoms with Gasteiger partial charge in [0.1, 0.15) is 27.3 Å². The Kier molecular flexibility index (Phi) is 2.73. The van der Waals surface area contributed by atoms with Gasteiger partial charge in [-0.15, -0.1) is 0 Å². The molecule has 1 aliphatic rings. The fraction of sp³-hybridized carbons (Fsp3) is 0. The summed E-state index contributed by atoms with van der Waals surface area (Å²) in [5.41, 5.74) is 0.696. The number of hydrogen-bond acceptors (Lipinski definition) is 4. The molecular weight excluding hydrogens is 289 g/mol. The number of fused-ring (bicyclic) bond motifs is 1. The number of hydrogen-bond donors (Lipinski definition) is 1. The molecule has 1 N–H and O–H groups in total. The van der Waals surface area contributed by atoms with Crippen molar-refractivity contribution in [2.24, 2.45) is 0 Å². The van der Waals surface area contributed by atoms with Crippen molar-refractivity contribution in [2.45, 2.75) is 0 Å². The lowest BCUT2D eigenvalue weighted by Gasteiger charge is -2.07. The number of imidazole rings is 1. The molecule has 19 heavy (non-hydrogen) atoms. The molecule has 0 amide bonds. The summed E-state index contributed by atoms with van der Waals surface area (Å²) in [5.74, 6) is -0.729. The van der Waals surface area contributed by atoms with Gasteiger partial charge in [0.25, 0.3) is 0 Å². The Balaban J connectivity index is 2.17. The Hall–Kier alpha value is -1.98. The first-order valence-electron chi connectivity index (χ1n) is 5.24. The van der Waals surface area contributed by atoms with Crippen LogP contribution in [0.2, 0.25) is 0 Å². The van der Waals surface area contributed by atoms with E-state index >= 15 is 0 Å². The van der Waals surface area contributed by atoms with Crippen LogP contribution >= 0.6 is 23.2 Å². The zero-order chi connectivity index (χ0) is 13.6. The fourth-order valence-corrected chi connectivity index (χ4v) is 2.11. The number of H-pyrrole nitrogens is 1. The van der Waals surface area contributed by atoms with E-state index in [2.05, 4.69) is 15.0 Å². The highest BCUT2D eigenvalue weighted by Crippen LogP contribution is 2.30. The number of aromatic amines is 1. The van der Waals surface area contributed by atoms with Gasteiger partial charge in [-0.3, -0.25) is 14.6 Å². The van der Waals surface area contributed by atoms with E-state index in [1.54, 1.807) is 24.5 Å². The summed E-state index contributed by atoms with van der Waals surface area (Å²) in [5, 5.41) is -0.594. The van der Waals surface area contributed by atoms with Crippen molar-refractivity contribution in [3.05, 3.63) is 46.0 Å². The molecule has 0 fully saturated rings. The number of rotatable bonds is 1. The van der Waals surface area contributed by atoms with E-state index in [4.69, 9.17) is 23.2 Å². The van der Waals surface area contributed by atoms with Gasteiger partial charge in [-0.05, 0) is 12.1 Å². The highest BCUT2D eigenvalue weighted by atomic mass is 35.5. The Morgan fingerprint density at radius 2 is 1.84 bits per heavy atom. The molecule has 3 rings (SSSR count). The molecule has 0 spiro atoms. The van der Waals surface area contributed by atoms with Crippen LogP contribution in [0.1, 0.15) is 21.0 Å². The van der Waals surface area contributed by atoms with Gasteiger partial charge < -0.3 is 4.98 Å². The predicted octanol–water partition coefficient (Wildman–Crippen LogP) is 2.54. The average Bonchev–Trinajstić information content (AvgIpc) is 2.89. The van der Waals surface area contributed by atoms with Crippen molar-refractivity contribution in [3.63, 3.8) is 0 Å². The Labute approximate surface area is 117 Å². The van der Waals surface area contributed by atoms with Crippen LogP contribution in [0.5, 0.6) is 0 Å². The zero-order valence-electron chi connectivity index (χ0n) is 9.28. The molecule has 0 aromatic carbocycles. The number of halogens is 2. The smallest absolute Gasteiger partial charge is 0.226 e. The normalized spacial score (nSPS) is 14.8. The summed E-state index contributed by atoms with van der Waals surface area (Å²) in [6, 6.07) is 3.47. The molecule has 0 atom stereocenters. The summed E-state index contributed by atoms with van der Waals surface area (Å²) in [6.45, 7) is 0. The van der Waals surface area contributed by atoms with Crippen molar-refractivity contribution in [1.29, 1.82) is 0 Å². The second-order valence-corrected chi connectivity index (χ2v) is 4.59. The number of ketones is 2. The second-order valence-electron chi connectivity index (χ2n) is 3.84. The number of nitrogens with zero attached hydrogens (tertiary/aromatic N) is 2. The standard InChI is InChI=1S/C12H5Cl2N3O2/c13-6-7(14)11(19)9-8(10(6)18)16-12(17-9)5-2-1-3-15-4-5/h1-4H,(H,16,17). The van der Waals surface area contributed by atoms with Crippen LogP contribution in [0.25, 0.3) is 11.4 Å². The first-order valence-corrected chi connectivity index (χ1v) is 6.00. The predicted molar refractivity (Wildman–Crippen MR) is 69.2 cm³/mol. The van der Waals surface area contributed by atoms with E-state index in [0.29, 0.717) is 11.4 Å². The number of aromatic nitrogens is 3. The number of pyridine rings is 1. The molecular formula is C12H5Cl2N3O2. The summed E-state index contributed by atoms with van der Waals surface area (Å²) >= 11 is 11.4. The van der Waals surface area contributed by atoms with Crippen molar-refractivity contribution in [2.75, 3.05) is 0 Å². The molecule has 7 heteroatoms. The molecule has 1 aliphatic carbocycles. The third-order valence-electron chi connectivity index (χ3n) is 2.67. The molecule has 2 aromatic rings. The van der Waals surface area contributed by atoms with E-state index in [-0.39, 0.29) is 21.5 Å². The van der Waals surface area contributed by atoms with Crippen LogP contribution in [0.15, 0.2) is 34.6 Å². The fourth-order valence-electron chi connectivity index (χ4n) is 1.75. The maximum absolute atomic E-state index is 11.9. The van der Waals surface area contributed by atoms with Gasteiger partial charge in [-0.25, -0.2) is 4.98 Å². The van der Waals surface area contributed by atoms with Gasteiger partial charge >= 0.3 is 0 Å². The van der Waals surface area contributed by atoms with Crippen LogP contribution in [0.4, 0.5) is 0 Å². The lowest BCUT2D eigenvalue weighted by atomic mass is 10.1. The van der Waals surface area contributed by atoms with E-state index in [1.165, 1.54) is 0 Å². The number of carbonyl (C=O) groups excluding carboxylic acids is 2. The topological polar surface area (TPSA) is 75.7 Å². The highest BCUT2D eigenvalue weighted by Gasteiger charge is 2.34. The molecule has 94 valence electrons. The summed E-state index contributed by atoms with van der Waals surface area (Å²) in [6.07, 6.45) is 3.17. The van der Waals surface area contributed by atoms with E-state index in [9.17, 15) is 9.59 Å². The summed E-state index contributed by atoms with van der Waals surface area (Å²) in [4.78, 5) is 34.6. The van der Waals surface area contributed by atoms with Crippen molar-refractivity contribution in [1.82, 2.24) is 15.0 Å². The first-order chi connectivity index (χ1) is 9.09. The monoisotopic (exact) mass is 293 g/mol. The van der Waals surface area contributed by atoms with Crippen molar-refractivity contribution < 1.29 is 9.59 Å². The third-order valence-corrected chi connectivity index (χ3v) is 3.49. The molecule has 0 saturated carbocycles. The average molecular weight is 294 g/mol. The van der Waals surface area contributed by atoms with Crippen LogP contribution in [-0.2, 0) is 0 Å². The molecule has 0 unspecified atom stereocenters. The van der Waals surface area contributed by atoms with Gasteiger partial charge in [0.05, 0.1) is 0 Å². The van der Waals surface area contributed by atoms with Crippen LogP contribution < -0.4 is 0 Å². The maximum Gasteiger partial charge on any atom is 0.226 e. The van der Waals surface area contributed by atoms with Crippen LogP contribution in [0.3, 0.4) is 0 Å². The third kappa shape index (κ3) is 1.78. The van der Waals surface area contributed by atoms with Crippen molar-refractivity contribution >= 4 is 34.8 Å². The summed E-state index contributed by atoms with van der Waals surface area (Å²) < 4.78 is 0. The molecule has 0 radical (unpaired) electrons. The second kappa shape index (κ2) is 4.29. The molecule has 2 heterocycles. The minimum atomic E-state index is -0.562. The minimum absolute atomic E-state index is 0.0155. The largest absolute Gasteiger partial charge is 0.335 e. The molecule has 5 nitrogen and oxygen atoms in total. The lowest BCUT2D eigenvalue weighted by molar-refractivity contribution is 0.0982. The Bertz CT molecular complexity index is 693. The number of Topliss-reactive ketones (excluding diaryl/α,β-unsaturated/α-hetero) is 2. The SMILES string of the molecule is O=C1C(Cl)=C(Cl)C(=O)c2[nH]c(-c3cccnc3)nc21. The minimum Gasteiger partial charge on any atom is -0.335 e. The molecule has 0 bridgehead atoms. The Morgan fingerprint density at radius 3 is 2.53 bits per heavy atom. The number of allylic oxidation sites excluding steroid dienone is 2. The quantitative estimate of drug-likeness (QED) is 0.877. The maximum atomic E-state index is 11.9. The van der Waals surface area contributed by atoms with E-state index < -0.39 is 11.6 Å². The van der Waals surface area contributed by atoms with Gasteiger partial charge in [-0.1, -0.05) is 23.2 Å². The van der Waals surface area contributed by atoms with Crippen LogP contribution in [-0.4, -0.2) is 26.5 Å². The molecule has 0 saturated heterocycles. The summed E-state index contributed by atoms with van der Waals surface area (Å²) in [7, 11) is 0. The van der Waals surface area contributed by atoms with Gasteiger partial charge in [-0.2, -0.15) is 0 Å². The van der Waals surface area contributed by atoms with Crippen molar-refractivity contribution in [3.8, 4) is 11.4 Å². The lowest BCUT2D eigenvalue weighted by Crippen LogP contribution is -2.17. The van der Waals surface area contributed by atoms with Gasteiger partial charge in [0, 0.05) is 18.0 Å². The zero-order valence-corrected chi connectivity index (χ0v) is 10.8. The van der Waals surface area contributed by atoms with Gasteiger partial charge in [0.2, 0.25) is 11.6 Å². The first kappa shape index (κ1) is 12.1. The molecule has 0 aliphatic heterocycles.